The van der Waals surface area contributed by atoms with Crippen LogP contribution in [-0.4, -0.2) is 31.3 Å². The quantitative estimate of drug-likeness (QED) is 0.244. The molecule has 8 heteroatoms. The molecule has 0 amide bonds. The largest absolute Gasteiger partial charge is 0.309 e. The number of nitrogens with zero attached hydrogens (tertiary/aromatic N) is 2. The Balaban J connectivity index is 2.31. The van der Waals surface area contributed by atoms with E-state index in [4.69, 9.17) is 0 Å². The fraction of sp³-hybridized carbons (Fsp3) is 0.211. The summed E-state index contributed by atoms with van der Waals surface area (Å²) in [7, 11) is 3.66. The van der Waals surface area contributed by atoms with Crippen LogP contribution in [-0.2, 0) is 0 Å². The zero-order valence-corrected chi connectivity index (χ0v) is 14.7. The van der Waals surface area contributed by atoms with Crippen molar-refractivity contribution >= 4 is 17.5 Å². The van der Waals surface area contributed by atoms with E-state index in [1.807, 2.05) is 54.8 Å². The molecule has 2 aromatic carbocycles. The van der Waals surface area contributed by atoms with Crippen molar-refractivity contribution in [3.63, 3.8) is 0 Å². The molecule has 0 saturated carbocycles. The van der Waals surface area contributed by atoms with Crippen molar-refractivity contribution in [1.29, 1.82) is 0 Å². The molecule has 0 bridgehead atoms. The van der Waals surface area contributed by atoms with E-state index >= 15 is 0 Å². The van der Waals surface area contributed by atoms with Gasteiger partial charge in [0.2, 0.25) is 5.82 Å². The lowest BCUT2D eigenvalue weighted by atomic mass is 10.1. The molecule has 0 atom stereocenters. The first-order valence-electron chi connectivity index (χ1n) is 8.03. The average molecular weight is 383 g/mol. The smallest absolute Gasteiger partial charge is 0.200 e. The SMILES string of the molecule is CN(C)CCC(/C=C\c1ccccc1)=N/Nc1c(F)c(F)c(F)c(F)c1F. The van der Waals surface area contributed by atoms with E-state index in [0.717, 1.165) is 5.56 Å². The monoisotopic (exact) mass is 383 g/mol. The molecule has 0 aliphatic carbocycles. The first kappa shape index (κ1) is 20.6. The van der Waals surface area contributed by atoms with E-state index in [1.54, 1.807) is 12.2 Å². The van der Waals surface area contributed by atoms with Crippen LogP contribution in [0.5, 0.6) is 0 Å². The van der Waals surface area contributed by atoms with Crippen LogP contribution in [0.3, 0.4) is 0 Å². The van der Waals surface area contributed by atoms with Crippen molar-refractivity contribution in [3.8, 4) is 0 Å². The van der Waals surface area contributed by atoms with Gasteiger partial charge in [-0.25, -0.2) is 22.0 Å². The van der Waals surface area contributed by atoms with E-state index in [0.29, 0.717) is 18.7 Å². The second-order valence-corrected chi connectivity index (χ2v) is 5.96. The maximum absolute atomic E-state index is 13.7. The molecule has 3 nitrogen and oxygen atoms in total. The number of allylic oxidation sites excluding steroid dienone is 1. The molecule has 0 radical (unpaired) electrons. The summed E-state index contributed by atoms with van der Waals surface area (Å²) in [6, 6.07) is 9.21. The lowest BCUT2D eigenvalue weighted by Gasteiger charge is -2.11. The highest BCUT2D eigenvalue weighted by molar-refractivity contribution is 5.98. The van der Waals surface area contributed by atoms with Crippen LogP contribution in [0.15, 0.2) is 41.5 Å². The van der Waals surface area contributed by atoms with Gasteiger partial charge in [0.25, 0.3) is 0 Å². The summed E-state index contributed by atoms with van der Waals surface area (Å²) in [5, 5.41) is 3.83. The number of hydrogen-bond acceptors (Lipinski definition) is 3. The zero-order valence-electron chi connectivity index (χ0n) is 14.7. The predicted octanol–water partition coefficient (Wildman–Crippen LogP) is 4.82. The molecule has 0 heterocycles. The van der Waals surface area contributed by atoms with Crippen LogP contribution in [0, 0.1) is 29.1 Å². The highest BCUT2D eigenvalue weighted by Gasteiger charge is 2.25. The molecule has 0 unspecified atom stereocenters. The molecule has 2 rings (SSSR count). The molecule has 0 saturated heterocycles. The first-order chi connectivity index (χ1) is 12.8. The first-order valence-corrected chi connectivity index (χ1v) is 8.03. The molecule has 0 spiro atoms. The minimum Gasteiger partial charge on any atom is -0.309 e. The van der Waals surface area contributed by atoms with E-state index in [9.17, 15) is 22.0 Å². The van der Waals surface area contributed by atoms with Crippen LogP contribution < -0.4 is 5.43 Å². The van der Waals surface area contributed by atoms with E-state index in [2.05, 4.69) is 5.10 Å². The Kier molecular flexibility index (Phi) is 7.06. The van der Waals surface area contributed by atoms with Gasteiger partial charge >= 0.3 is 0 Å². The molecule has 0 aromatic heterocycles. The minimum atomic E-state index is -2.21. The van der Waals surface area contributed by atoms with Gasteiger partial charge in [-0.15, -0.1) is 0 Å². The molecule has 27 heavy (non-hydrogen) atoms. The molecule has 0 aliphatic heterocycles. The van der Waals surface area contributed by atoms with Gasteiger partial charge in [0.1, 0.15) is 5.69 Å². The Morgan fingerprint density at radius 2 is 1.48 bits per heavy atom. The Morgan fingerprint density at radius 3 is 2.04 bits per heavy atom. The minimum absolute atomic E-state index is 0.372. The predicted molar refractivity (Wildman–Crippen MR) is 95.9 cm³/mol. The lowest BCUT2D eigenvalue weighted by Crippen LogP contribution is -2.16. The number of benzene rings is 2. The summed E-state index contributed by atoms with van der Waals surface area (Å²) in [5.74, 6) is -10.2. The number of halogens is 5. The standard InChI is InChI=1S/C19H18F5N3/c1-27(2)11-10-13(9-8-12-6-4-3-5-7-12)25-26-19-17(23)15(21)14(20)16(22)18(19)24/h3-9,26H,10-11H2,1-2H3/b9-8-,25-13+. The fourth-order valence-corrected chi connectivity index (χ4v) is 2.10. The maximum Gasteiger partial charge on any atom is 0.200 e. The lowest BCUT2D eigenvalue weighted by molar-refractivity contribution is 0.381. The molecule has 0 aliphatic rings. The van der Waals surface area contributed by atoms with Crippen molar-refractivity contribution in [1.82, 2.24) is 4.90 Å². The highest BCUT2D eigenvalue weighted by atomic mass is 19.2. The summed E-state index contributed by atoms with van der Waals surface area (Å²) in [5.41, 5.74) is 2.02. The van der Waals surface area contributed by atoms with Crippen molar-refractivity contribution < 1.29 is 22.0 Å². The van der Waals surface area contributed by atoms with E-state index in [-0.39, 0.29) is 0 Å². The number of hydrazone groups is 1. The van der Waals surface area contributed by atoms with Gasteiger partial charge in [0.05, 0.1) is 5.71 Å². The van der Waals surface area contributed by atoms with E-state index in [1.165, 1.54) is 0 Å². The summed E-state index contributed by atoms with van der Waals surface area (Å²) in [6.45, 7) is 0.566. The Morgan fingerprint density at radius 1 is 0.926 bits per heavy atom. The van der Waals surface area contributed by atoms with E-state index < -0.39 is 34.8 Å². The summed E-state index contributed by atoms with van der Waals surface area (Å²) >= 11 is 0. The Labute approximate surface area is 153 Å². The fourth-order valence-electron chi connectivity index (χ4n) is 2.10. The zero-order chi connectivity index (χ0) is 20.0. The summed E-state index contributed by atoms with van der Waals surface area (Å²) in [6.07, 6.45) is 3.73. The van der Waals surface area contributed by atoms with Gasteiger partial charge in [-0.1, -0.05) is 36.4 Å². The Hall–Kier alpha value is -2.74. The molecular formula is C19H18F5N3. The van der Waals surface area contributed by atoms with Gasteiger partial charge in [-0.3, -0.25) is 5.43 Å². The molecule has 144 valence electrons. The topological polar surface area (TPSA) is 27.6 Å². The number of anilines is 1. The van der Waals surface area contributed by atoms with Crippen LogP contribution >= 0.6 is 0 Å². The third kappa shape index (κ3) is 5.37. The maximum atomic E-state index is 13.7. The van der Waals surface area contributed by atoms with Crippen LogP contribution in [0.2, 0.25) is 0 Å². The van der Waals surface area contributed by atoms with Crippen molar-refractivity contribution in [2.45, 2.75) is 6.42 Å². The third-order valence-corrected chi connectivity index (χ3v) is 3.60. The molecular weight excluding hydrogens is 365 g/mol. The van der Waals surface area contributed by atoms with Gasteiger partial charge < -0.3 is 4.90 Å². The van der Waals surface area contributed by atoms with Crippen molar-refractivity contribution in [3.05, 3.63) is 71.1 Å². The molecule has 2 aromatic rings. The van der Waals surface area contributed by atoms with Gasteiger partial charge in [-0.2, -0.15) is 5.10 Å². The van der Waals surface area contributed by atoms with Crippen molar-refractivity contribution in [2.75, 3.05) is 26.1 Å². The summed E-state index contributed by atoms with van der Waals surface area (Å²) in [4.78, 5) is 1.87. The normalized spacial score (nSPS) is 12.2. The number of hydrogen-bond donors (Lipinski definition) is 1. The van der Waals surface area contributed by atoms with Crippen molar-refractivity contribution in [2.24, 2.45) is 5.10 Å². The van der Waals surface area contributed by atoms with Crippen LogP contribution in [0.4, 0.5) is 27.6 Å². The van der Waals surface area contributed by atoms with Gasteiger partial charge in [-0.05, 0) is 25.7 Å². The highest BCUT2D eigenvalue weighted by Crippen LogP contribution is 2.27. The van der Waals surface area contributed by atoms with Crippen LogP contribution in [0.25, 0.3) is 6.08 Å². The second-order valence-electron chi connectivity index (χ2n) is 5.96. The number of rotatable bonds is 7. The molecule has 1 N–H and O–H groups in total. The second kappa shape index (κ2) is 9.27. The molecule has 0 fully saturated rings. The van der Waals surface area contributed by atoms with Gasteiger partial charge in [0, 0.05) is 13.0 Å². The third-order valence-electron chi connectivity index (χ3n) is 3.60. The Bertz CT molecular complexity index is 819. The van der Waals surface area contributed by atoms with Gasteiger partial charge in [0.15, 0.2) is 23.3 Å². The summed E-state index contributed by atoms with van der Waals surface area (Å²) < 4.78 is 67.1. The van der Waals surface area contributed by atoms with Crippen LogP contribution in [0.1, 0.15) is 12.0 Å². The number of nitrogens with one attached hydrogen (secondary N) is 1. The average Bonchev–Trinajstić information content (AvgIpc) is 2.66.